The predicted molar refractivity (Wildman–Crippen MR) is 86.0 cm³/mol. The molecule has 0 aliphatic rings. The molecular weight excluding hydrogens is 432 g/mol. The van der Waals surface area contributed by atoms with Crippen molar-refractivity contribution in [1.82, 2.24) is 0 Å². The molecule has 0 aromatic heterocycles. The van der Waals surface area contributed by atoms with Gasteiger partial charge in [-0.2, -0.15) is 13.2 Å². The first-order chi connectivity index (χ1) is 9.75. The third-order valence-electron chi connectivity index (χ3n) is 2.94. The Bertz CT molecular complexity index is 604. The van der Waals surface area contributed by atoms with Crippen molar-refractivity contribution in [3.8, 4) is 0 Å². The predicted octanol–water partition coefficient (Wildman–Crippen LogP) is 6.80. The van der Waals surface area contributed by atoms with E-state index in [4.69, 9.17) is 11.6 Å². The largest absolute Gasteiger partial charge is 0.416 e. The average Bonchev–Trinajstić information content (AvgIpc) is 2.37. The Hall–Kier alpha value is -0.520. The van der Waals surface area contributed by atoms with E-state index < -0.39 is 11.7 Å². The van der Waals surface area contributed by atoms with Crippen LogP contribution in [-0.4, -0.2) is 0 Å². The molecule has 0 fully saturated rings. The molecule has 0 N–H and O–H groups in total. The number of hydrogen-bond donors (Lipinski definition) is 0. The number of rotatable bonds is 3. The highest BCUT2D eigenvalue weighted by molar-refractivity contribution is 9.10. The smallest absolute Gasteiger partial charge is 0.166 e. The van der Waals surface area contributed by atoms with E-state index in [0.717, 1.165) is 27.7 Å². The zero-order chi connectivity index (χ0) is 15.6. The van der Waals surface area contributed by atoms with E-state index >= 15 is 0 Å². The average molecular weight is 443 g/mol. The van der Waals surface area contributed by atoms with Gasteiger partial charge in [0.15, 0.2) is 0 Å². The maximum Gasteiger partial charge on any atom is 0.416 e. The third kappa shape index (κ3) is 4.73. The molecule has 2 rings (SSSR count). The summed E-state index contributed by atoms with van der Waals surface area (Å²) in [6.45, 7) is 0. The zero-order valence-corrected chi connectivity index (χ0v) is 14.5. The minimum atomic E-state index is -4.30. The van der Waals surface area contributed by atoms with Gasteiger partial charge in [0.25, 0.3) is 0 Å². The summed E-state index contributed by atoms with van der Waals surface area (Å²) in [7, 11) is 0. The topological polar surface area (TPSA) is 0 Å². The Kier molecular flexibility index (Phi) is 5.38. The van der Waals surface area contributed by atoms with Gasteiger partial charge in [-0.25, -0.2) is 0 Å². The molecule has 0 heterocycles. The molecule has 0 saturated carbocycles. The molecule has 0 radical (unpaired) electrons. The lowest BCUT2D eigenvalue weighted by molar-refractivity contribution is -0.137. The van der Waals surface area contributed by atoms with Gasteiger partial charge in [-0.15, -0.1) is 0 Å². The second-order valence-corrected chi connectivity index (χ2v) is 7.03. The second kappa shape index (κ2) is 6.71. The summed E-state index contributed by atoms with van der Waals surface area (Å²) in [4.78, 5) is -0.0239. The van der Waals surface area contributed by atoms with E-state index in [1.54, 1.807) is 6.07 Å². The van der Waals surface area contributed by atoms with Crippen molar-refractivity contribution in [2.24, 2.45) is 0 Å². The van der Waals surface area contributed by atoms with Crippen LogP contribution < -0.4 is 0 Å². The first-order valence-electron chi connectivity index (χ1n) is 6.02. The van der Waals surface area contributed by atoms with Gasteiger partial charge in [0.1, 0.15) is 0 Å². The number of alkyl halides is 4. The van der Waals surface area contributed by atoms with E-state index in [9.17, 15) is 13.2 Å². The maximum absolute atomic E-state index is 12.5. The van der Waals surface area contributed by atoms with Crippen molar-refractivity contribution in [2.75, 3.05) is 0 Å². The molecule has 0 aliphatic carbocycles. The minimum Gasteiger partial charge on any atom is -0.166 e. The molecule has 2 aromatic rings. The van der Waals surface area contributed by atoms with Crippen LogP contribution in [0, 0.1) is 0 Å². The molecule has 112 valence electrons. The third-order valence-corrected chi connectivity index (χ3v) is 4.47. The fourth-order valence-electron chi connectivity index (χ4n) is 1.91. The molecular formula is C15H10Br2ClF3. The molecule has 6 heteroatoms. The molecule has 0 amide bonds. The van der Waals surface area contributed by atoms with Crippen LogP contribution in [0.15, 0.2) is 46.9 Å². The lowest BCUT2D eigenvalue weighted by Crippen LogP contribution is -2.05. The Morgan fingerprint density at radius 1 is 1.05 bits per heavy atom. The first-order valence-corrected chi connectivity index (χ1v) is 8.10. The zero-order valence-electron chi connectivity index (χ0n) is 10.6. The quantitative estimate of drug-likeness (QED) is 0.459. The van der Waals surface area contributed by atoms with Gasteiger partial charge in [-0.1, -0.05) is 55.6 Å². The summed E-state index contributed by atoms with van der Waals surface area (Å²) in [5.41, 5.74) is 1.15. The van der Waals surface area contributed by atoms with Crippen molar-refractivity contribution >= 4 is 43.5 Å². The highest BCUT2D eigenvalue weighted by atomic mass is 79.9. The van der Waals surface area contributed by atoms with Gasteiger partial charge in [-0.3, -0.25) is 0 Å². The van der Waals surface area contributed by atoms with E-state index in [2.05, 4.69) is 31.9 Å². The molecule has 1 atom stereocenters. The fourth-order valence-corrected chi connectivity index (χ4v) is 3.44. The first kappa shape index (κ1) is 16.8. The van der Waals surface area contributed by atoms with Gasteiger partial charge < -0.3 is 0 Å². The summed E-state index contributed by atoms with van der Waals surface area (Å²) in [6, 6.07) is 10.7. The van der Waals surface area contributed by atoms with Gasteiger partial charge in [0.2, 0.25) is 0 Å². The van der Waals surface area contributed by atoms with Crippen LogP contribution in [0.5, 0.6) is 0 Å². The van der Waals surface area contributed by atoms with Crippen LogP contribution >= 0.6 is 43.5 Å². The monoisotopic (exact) mass is 440 g/mol. The summed E-state index contributed by atoms with van der Waals surface area (Å²) in [5.74, 6) is 0. The highest BCUT2D eigenvalue weighted by Crippen LogP contribution is 2.33. The van der Waals surface area contributed by atoms with Crippen molar-refractivity contribution in [3.05, 3.63) is 68.7 Å². The van der Waals surface area contributed by atoms with Crippen molar-refractivity contribution < 1.29 is 13.2 Å². The minimum absolute atomic E-state index is 0.0239. The van der Waals surface area contributed by atoms with Crippen LogP contribution in [0.2, 0.25) is 5.02 Å². The Morgan fingerprint density at radius 3 is 2.19 bits per heavy atom. The number of halogens is 6. The molecule has 0 aliphatic heterocycles. The van der Waals surface area contributed by atoms with E-state index in [1.807, 2.05) is 12.1 Å². The molecule has 0 saturated heterocycles. The van der Waals surface area contributed by atoms with E-state index in [0.29, 0.717) is 11.4 Å². The molecule has 1 unspecified atom stereocenters. The molecule has 2 aromatic carbocycles. The van der Waals surface area contributed by atoms with E-state index in [-0.39, 0.29) is 4.83 Å². The SMILES string of the molecule is FC(F)(F)c1ccc(CC(Br)c2cc(Cl)cc(Br)c2)cc1. The standard InChI is InChI=1S/C15H10Br2ClF3/c16-12-6-10(7-13(18)8-12)14(17)5-9-1-3-11(4-2-9)15(19,20)21/h1-4,6-8,14H,5H2. The summed E-state index contributed by atoms with van der Waals surface area (Å²) in [5, 5.41) is 0.608. The van der Waals surface area contributed by atoms with Gasteiger partial charge >= 0.3 is 6.18 Å². The maximum atomic E-state index is 12.5. The molecule has 0 bridgehead atoms. The van der Waals surface area contributed by atoms with Gasteiger partial charge in [0.05, 0.1) is 5.56 Å². The van der Waals surface area contributed by atoms with Crippen LogP contribution in [0.4, 0.5) is 13.2 Å². The van der Waals surface area contributed by atoms with E-state index in [1.165, 1.54) is 12.1 Å². The molecule has 0 nitrogen and oxygen atoms in total. The van der Waals surface area contributed by atoms with Gasteiger partial charge in [-0.05, 0) is 47.9 Å². The number of benzene rings is 2. The summed E-state index contributed by atoms with van der Waals surface area (Å²) in [6.07, 6.45) is -3.73. The molecule has 21 heavy (non-hydrogen) atoms. The summed E-state index contributed by atoms with van der Waals surface area (Å²) < 4.78 is 38.4. The Balaban J connectivity index is 2.14. The normalized spacial score (nSPS) is 13.2. The second-order valence-electron chi connectivity index (χ2n) is 4.57. The van der Waals surface area contributed by atoms with Crippen molar-refractivity contribution in [1.29, 1.82) is 0 Å². The summed E-state index contributed by atoms with van der Waals surface area (Å²) >= 11 is 12.9. The lowest BCUT2D eigenvalue weighted by atomic mass is 10.0. The van der Waals surface area contributed by atoms with Gasteiger partial charge in [0, 0.05) is 14.3 Å². The lowest BCUT2D eigenvalue weighted by Gasteiger charge is -2.12. The Morgan fingerprint density at radius 2 is 1.67 bits per heavy atom. The number of hydrogen-bond acceptors (Lipinski definition) is 0. The van der Waals surface area contributed by atoms with Crippen LogP contribution in [0.1, 0.15) is 21.5 Å². The van der Waals surface area contributed by atoms with Crippen LogP contribution in [-0.2, 0) is 12.6 Å². The van der Waals surface area contributed by atoms with Crippen molar-refractivity contribution in [3.63, 3.8) is 0 Å². The van der Waals surface area contributed by atoms with Crippen LogP contribution in [0.3, 0.4) is 0 Å². The fraction of sp³-hybridized carbons (Fsp3) is 0.200. The highest BCUT2D eigenvalue weighted by Gasteiger charge is 2.29. The van der Waals surface area contributed by atoms with Crippen LogP contribution in [0.25, 0.3) is 0 Å². The van der Waals surface area contributed by atoms with Crippen molar-refractivity contribution in [2.45, 2.75) is 17.4 Å². The Labute approximate surface area is 142 Å². The molecule has 0 spiro atoms.